The molecule has 3 rings (SSSR count). The van der Waals surface area contributed by atoms with E-state index in [4.69, 9.17) is 22.1 Å². The number of ether oxygens (including phenoxy) is 1. The number of aromatic nitrogens is 2. The van der Waals surface area contributed by atoms with Crippen molar-refractivity contribution in [2.45, 2.75) is 50.7 Å². The average Bonchev–Trinajstić information content (AvgIpc) is 2.96. The molecule has 1 aromatic heterocycles. The number of halogens is 1. The minimum absolute atomic E-state index is 0.348. The standard InChI is InChI=1S/C14H21ClN4O/c15-12-13(16)17-9-18-14(12)19-7-5-11(6-8-19)20-10-3-1-2-4-10/h9-11H,1-8H2,(H2,16,17,18). The molecule has 2 N–H and O–H groups in total. The van der Waals surface area contributed by atoms with E-state index >= 15 is 0 Å². The molecule has 2 fully saturated rings. The first-order valence-corrected chi connectivity index (χ1v) is 7.78. The molecule has 1 aliphatic heterocycles. The highest BCUT2D eigenvalue weighted by Crippen LogP contribution is 2.30. The monoisotopic (exact) mass is 296 g/mol. The molecule has 0 aromatic carbocycles. The van der Waals surface area contributed by atoms with Crippen molar-refractivity contribution in [3.63, 3.8) is 0 Å². The third kappa shape index (κ3) is 2.99. The van der Waals surface area contributed by atoms with Gasteiger partial charge in [-0.15, -0.1) is 0 Å². The highest BCUT2D eigenvalue weighted by Gasteiger charge is 2.26. The van der Waals surface area contributed by atoms with E-state index in [1.165, 1.54) is 32.0 Å². The van der Waals surface area contributed by atoms with Crippen LogP contribution in [0.1, 0.15) is 38.5 Å². The van der Waals surface area contributed by atoms with Crippen molar-refractivity contribution < 1.29 is 4.74 Å². The Morgan fingerprint density at radius 2 is 1.75 bits per heavy atom. The van der Waals surface area contributed by atoms with Crippen molar-refractivity contribution in [1.29, 1.82) is 0 Å². The summed E-state index contributed by atoms with van der Waals surface area (Å²) < 4.78 is 6.17. The molecule has 2 heterocycles. The molecule has 0 spiro atoms. The number of nitrogen functional groups attached to an aromatic ring is 1. The van der Waals surface area contributed by atoms with E-state index in [-0.39, 0.29) is 0 Å². The summed E-state index contributed by atoms with van der Waals surface area (Å²) in [4.78, 5) is 10.3. The first kappa shape index (κ1) is 13.9. The number of nitrogens with zero attached hydrogens (tertiary/aromatic N) is 3. The number of nitrogens with two attached hydrogens (primary N) is 1. The van der Waals surface area contributed by atoms with Crippen LogP contribution in [0.3, 0.4) is 0 Å². The maximum atomic E-state index is 6.18. The van der Waals surface area contributed by atoms with Gasteiger partial charge < -0.3 is 15.4 Å². The van der Waals surface area contributed by atoms with Crippen molar-refractivity contribution >= 4 is 23.2 Å². The van der Waals surface area contributed by atoms with Gasteiger partial charge in [-0.2, -0.15) is 0 Å². The lowest BCUT2D eigenvalue weighted by molar-refractivity contribution is -0.0195. The summed E-state index contributed by atoms with van der Waals surface area (Å²) in [6, 6.07) is 0. The number of anilines is 2. The molecular formula is C14H21ClN4O. The largest absolute Gasteiger partial charge is 0.382 e. The van der Waals surface area contributed by atoms with E-state index in [1.807, 2.05) is 0 Å². The van der Waals surface area contributed by atoms with Gasteiger partial charge in [-0.3, -0.25) is 0 Å². The molecule has 2 aliphatic rings. The lowest BCUT2D eigenvalue weighted by Gasteiger charge is -2.34. The van der Waals surface area contributed by atoms with Crippen LogP contribution in [0.5, 0.6) is 0 Å². The van der Waals surface area contributed by atoms with Crippen LogP contribution in [0.2, 0.25) is 5.02 Å². The molecule has 20 heavy (non-hydrogen) atoms. The van der Waals surface area contributed by atoms with Crippen LogP contribution in [0, 0.1) is 0 Å². The quantitative estimate of drug-likeness (QED) is 0.929. The smallest absolute Gasteiger partial charge is 0.153 e. The lowest BCUT2D eigenvalue weighted by atomic mass is 10.1. The third-order valence-corrected chi connectivity index (χ3v) is 4.59. The zero-order valence-corrected chi connectivity index (χ0v) is 12.4. The molecule has 1 saturated heterocycles. The van der Waals surface area contributed by atoms with E-state index in [2.05, 4.69) is 14.9 Å². The summed E-state index contributed by atoms with van der Waals surface area (Å²) >= 11 is 6.18. The van der Waals surface area contributed by atoms with Gasteiger partial charge in [0, 0.05) is 13.1 Å². The van der Waals surface area contributed by atoms with Crippen LogP contribution in [-0.4, -0.2) is 35.3 Å². The van der Waals surface area contributed by atoms with Gasteiger partial charge in [0.15, 0.2) is 5.82 Å². The molecule has 1 aromatic rings. The minimum atomic E-state index is 0.348. The number of piperidine rings is 1. The van der Waals surface area contributed by atoms with Crippen LogP contribution >= 0.6 is 11.6 Å². The first-order valence-electron chi connectivity index (χ1n) is 7.40. The van der Waals surface area contributed by atoms with Gasteiger partial charge in [0.2, 0.25) is 0 Å². The number of hydrogen-bond donors (Lipinski definition) is 1. The molecule has 110 valence electrons. The second kappa shape index (κ2) is 6.14. The molecule has 1 aliphatic carbocycles. The molecular weight excluding hydrogens is 276 g/mol. The molecule has 0 atom stereocenters. The molecule has 0 radical (unpaired) electrons. The zero-order valence-electron chi connectivity index (χ0n) is 11.6. The fourth-order valence-electron chi connectivity index (χ4n) is 3.09. The van der Waals surface area contributed by atoms with Gasteiger partial charge in [-0.05, 0) is 25.7 Å². The summed E-state index contributed by atoms with van der Waals surface area (Å²) in [7, 11) is 0. The third-order valence-electron chi connectivity index (χ3n) is 4.23. The van der Waals surface area contributed by atoms with Gasteiger partial charge in [-0.25, -0.2) is 9.97 Å². The van der Waals surface area contributed by atoms with Crippen molar-refractivity contribution in [2.75, 3.05) is 23.7 Å². The Morgan fingerprint density at radius 3 is 2.45 bits per heavy atom. The molecule has 0 bridgehead atoms. The molecule has 6 heteroatoms. The fraction of sp³-hybridized carbons (Fsp3) is 0.714. The summed E-state index contributed by atoms with van der Waals surface area (Å²) in [6.07, 6.45) is 9.49. The van der Waals surface area contributed by atoms with E-state index in [9.17, 15) is 0 Å². The Balaban J connectivity index is 1.56. The van der Waals surface area contributed by atoms with Gasteiger partial charge in [0.25, 0.3) is 0 Å². The maximum Gasteiger partial charge on any atom is 0.153 e. The SMILES string of the molecule is Nc1ncnc(N2CCC(OC3CCCC3)CC2)c1Cl. The van der Waals surface area contributed by atoms with Crippen molar-refractivity contribution in [2.24, 2.45) is 0 Å². The summed E-state index contributed by atoms with van der Waals surface area (Å²) in [5.41, 5.74) is 5.73. The van der Waals surface area contributed by atoms with Crippen molar-refractivity contribution in [3.8, 4) is 0 Å². The predicted molar refractivity (Wildman–Crippen MR) is 80.0 cm³/mol. The maximum absolute atomic E-state index is 6.18. The predicted octanol–water partition coefficient (Wildman–Crippen LogP) is 2.64. The topological polar surface area (TPSA) is 64.3 Å². The average molecular weight is 297 g/mol. The minimum Gasteiger partial charge on any atom is -0.382 e. The van der Waals surface area contributed by atoms with Crippen LogP contribution in [0.25, 0.3) is 0 Å². The van der Waals surface area contributed by atoms with Crippen molar-refractivity contribution in [3.05, 3.63) is 11.3 Å². The van der Waals surface area contributed by atoms with Crippen LogP contribution in [-0.2, 0) is 4.74 Å². The van der Waals surface area contributed by atoms with Gasteiger partial charge in [0.05, 0.1) is 12.2 Å². The molecule has 1 saturated carbocycles. The van der Waals surface area contributed by atoms with Crippen LogP contribution in [0.4, 0.5) is 11.6 Å². The Bertz CT molecular complexity index is 456. The normalized spacial score (nSPS) is 21.6. The summed E-state index contributed by atoms with van der Waals surface area (Å²) in [5, 5.41) is 0.461. The Kier molecular flexibility index (Phi) is 4.27. The summed E-state index contributed by atoms with van der Waals surface area (Å²) in [5.74, 6) is 1.10. The second-order valence-electron chi connectivity index (χ2n) is 5.63. The van der Waals surface area contributed by atoms with Gasteiger partial charge in [-0.1, -0.05) is 24.4 Å². The van der Waals surface area contributed by atoms with E-state index in [1.54, 1.807) is 0 Å². The van der Waals surface area contributed by atoms with Gasteiger partial charge in [0.1, 0.15) is 17.2 Å². The summed E-state index contributed by atoms with van der Waals surface area (Å²) in [6.45, 7) is 1.82. The Morgan fingerprint density at radius 1 is 1.10 bits per heavy atom. The number of rotatable bonds is 3. The van der Waals surface area contributed by atoms with Crippen molar-refractivity contribution in [1.82, 2.24) is 9.97 Å². The lowest BCUT2D eigenvalue weighted by Crippen LogP contribution is -2.38. The molecule has 0 amide bonds. The van der Waals surface area contributed by atoms with Crippen LogP contribution < -0.4 is 10.6 Å². The zero-order chi connectivity index (χ0) is 13.9. The first-order chi connectivity index (χ1) is 9.74. The fourth-order valence-corrected chi connectivity index (χ4v) is 3.31. The van der Waals surface area contributed by atoms with E-state index in [0.717, 1.165) is 31.7 Å². The number of hydrogen-bond acceptors (Lipinski definition) is 5. The van der Waals surface area contributed by atoms with E-state index < -0.39 is 0 Å². The van der Waals surface area contributed by atoms with E-state index in [0.29, 0.717) is 23.0 Å². The molecule has 0 unspecified atom stereocenters. The highest BCUT2D eigenvalue weighted by molar-refractivity contribution is 6.35. The van der Waals surface area contributed by atoms with Gasteiger partial charge >= 0.3 is 0 Å². The van der Waals surface area contributed by atoms with Crippen LogP contribution in [0.15, 0.2) is 6.33 Å². The highest BCUT2D eigenvalue weighted by atomic mass is 35.5. The molecule has 5 nitrogen and oxygen atoms in total. The Hall–Kier alpha value is -1.07. The Labute approximate surface area is 124 Å². The second-order valence-corrected chi connectivity index (χ2v) is 6.00.